The highest BCUT2D eigenvalue weighted by Gasteiger charge is 2.24. The van der Waals surface area contributed by atoms with Gasteiger partial charge in [-0.05, 0) is 43.1 Å². The van der Waals surface area contributed by atoms with Gasteiger partial charge >= 0.3 is 0 Å². The molecule has 3 aromatic rings. The van der Waals surface area contributed by atoms with Crippen molar-refractivity contribution >= 4 is 22.6 Å². The predicted octanol–water partition coefficient (Wildman–Crippen LogP) is 4.96. The molecular formula is C18H16ClNO. The maximum atomic E-state index is 6.22. The van der Waals surface area contributed by atoms with Crippen LogP contribution in [0.3, 0.4) is 0 Å². The molecule has 2 aromatic carbocycles. The Morgan fingerprint density at radius 1 is 1.19 bits per heavy atom. The minimum atomic E-state index is 0.452. The van der Waals surface area contributed by atoms with Crippen molar-refractivity contribution in [3.05, 3.63) is 58.6 Å². The largest absolute Gasteiger partial charge is 0.455 e. The van der Waals surface area contributed by atoms with Crippen LogP contribution in [-0.2, 0) is 6.42 Å². The van der Waals surface area contributed by atoms with Crippen LogP contribution in [0.1, 0.15) is 23.6 Å². The number of hydrogen-bond acceptors (Lipinski definition) is 2. The van der Waals surface area contributed by atoms with Crippen LogP contribution in [0.2, 0.25) is 5.02 Å². The molecule has 1 heterocycles. The number of halogens is 1. The zero-order valence-corrected chi connectivity index (χ0v) is 12.6. The van der Waals surface area contributed by atoms with Crippen molar-refractivity contribution in [3.63, 3.8) is 0 Å². The molecule has 1 atom stereocenters. The summed E-state index contributed by atoms with van der Waals surface area (Å²) < 4.78 is 6.03. The van der Waals surface area contributed by atoms with E-state index >= 15 is 0 Å². The minimum absolute atomic E-state index is 0.452. The van der Waals surface area contributed by atoms with Gasteiger partial charge in [-0.3, -0.25) is 0 Å². The molecule has 0 bridgehead atoms. The monoisotopic (exact) mass is 297 g/mol. The fourth-order valence-electron chi connectivity index (χ4n) is 3.35. The average molecular weight is 298 g/mol. The van der Waals surface area contributed by atoms with Gasteiger partial charge in [0.05, 0.1) is 5.02 Å². The fraction of sp³-hybridized carbons (Fsp3) is 0.222. The van der Waals surface area contributed by atoms with Crippen molar-refractivity contribution in [2.45, 2.75) is 18.9 Å². The van der Waals surface area contributed by atoms with Crippen molar-refractivity contribution in [2.75, 3.05) is 7.05 Å². The van der Waals surface area contributed by atoms with Crippen molar-refractivity contribution < 1.29 is 4.42 Å². The Labute approximate surface area is 128 Å². The summed E-state index contributed by atoms with van der Waals surface area (Å²) in [6.07, 6.45) is 2.23. The van der Waals surface area contributed by atoms with Gasteiger partial charge in [0.2, 0.25) is 0 Å². The fourth-order valence-corrected chi connectivity index (χ4v) is 3.57. The van der Waals surface area contributed by atoms with Gasteiger partial charge in [0.25, 0.3) is 0 Å². The van der Waals surface area contributed by atoms with Crippen LogP contribution in [0.5, 0.6) is 0 Å². The molecule has 1 unspecified atom stereocenters. The Balaban J connectivity index is 1.90. The van der Waals surface area contributed by atoms with E-state index in [9.17, 15) is 0 Å². The van der Waals surface area contributed by atoms with E-state index in [2.05, 4.69) is 29.6 Å². The molecule has 0 amide bonds. The second-order valence-corrected chi connectivity index (χ2v) is 5.93. The van der Waals surface area contributed by atoms with Gasteiger partial charge < -0.3 is 9.73 Å². The molecule has 0 aliphatic heterocycles. The third-order valence-corrected chi connectivity index (χ3v) is 4.68. The number of hydrogen-bond donors (Lipinski definition) is 1. The normalized spacial score (nSPS) is 17.3. The molecule has 4 rings (SSSR count). The van der Waals surface area contributed by atoms with Crippen LogP contribution in [0.4, 0.5) is 0 Å². The summed E-state index contributed by atoms with van der Waals surface area (Å²) >= 11 is 6.22. The summed E-state index contributed by atoms with van der Waals surface area (Å²) in [5.41, 5.74) is 4.75. The van der Waals surface area contributed by atoms with E-state index in [1.807, 2.05) is 25.2 Å². The van der Waals surface area contributed by atoms with Gasteiger partial charge in [-0.2, -0.15) is 0 Å². The van der Waals surface area contributed by atoms with Gasteiger partial charge in [-0.15, -0.1) is 0 Å². The number of nitrogens with one attached hydrogen (secondary N) is 1. The van der Waals surface area contributed by atoms with Gasteiger partial charge in [0.1, 0.15) is 5.76 Å². The highest BCUT2D eigenvalue weighted by molar-refractivity contribution is 6.34. The first-order chi connectivity index (χ1) is 10.3. The molecule has 0 fully saturated rings. The SMILES string of the molecule is CNC1CCc2c(-c3cc4cccc(Cl)c4o3)cccc21. The second kappa shape index (κ2) is 4.90. The maximum Gasteiger partial charge on any atom is 0.153 e. The predicted molar refractivity (Wildman–Crippen MR) is 86.8 cm³/mol. The number of rotatable bonds is 2. The standard InChI is InChI=1S/C18H16ClNO/c1-20-16-9-8-12-13(16)5-3-6-14(12)17-10-11-4-2-7-15(19)18(11)21-17/h2-7,10,16,20H,8-9H2,1H3. The lowest BCUT2D eigenvalue weighted by Gasteiger charge is -2.10. The Hall–Kier alpha value is -1.77. The summed E-state index contributed by atoms with van der Waals surface area (Å²) in [7, 11) is 2.02. The van der Waals surface area contributed by atoms with E-state index in [-0.39, 0.29) is 0 Å². The van der Waals surface area contributed by atoms with Crippen LogP contribution >= 0.6 is 11.6 Å². The van der Waals surface area contributed by atoms with Crippen molar-refractivity contribution in [3.8, 4) is 11.3 Å². The van der Waals surface area contributed by atoms with Gasteiger partial charge in [0.15, 0.2) is 5.58 Å². The van der Waals surface area contributed by atoms with Crippen LogP contribution in [0, 0.1) is 0 Å². The smallest absolute Gasteiger partial charge is 0.153 e. The van der Waals surface area contributed by atoms with Crippen LogP contribution in [0.25, 0.3) is 22.3 Å². The molecule has 0 saturated heterocycles. The molecule has 0 spiro atoms. The molecular weight excluding hydrogens is 282 g/mol. The number of para-hydroxylation sites is 1. The Morgan fingerprint density at radius 3 is 2.86 bits per heavy atom. The maximum absolute atomic E-state index is 6.22. The first-order valence-electron chi connectivity index (χ1n) is 7.25. The van der Waals surface area contributed by atoms with Crippen LogP contribution in [-0.4, -0.2) is 7.05 Å². The lowest BCUT2D eigenvalue weighted by molar-refractivity contribution is 0.590. The third-order valence-electron chi connectivity index (χ3n) is 4.38. The number of fused-ring (bicyclic) bond motifs is 2. The summed E-state index contributed by atoms with van der Waals surface area (Å²) in [6.45, 7) is 0. The molecule has 2 nitrogen and oxygen atoms in total. The number of benzene rings is 2. The molecule has 21 heavy (non-hydrogen) atoms. The lowest BCUT2D eigenvalue weighted by atomic mass is 10.0. The van der Waals surface area contributed by atoms with Crippen LogP contribution < -0.4 is 5.32 Å². The highest BCUT2D eigenvalue weighted by Crippen LogP contribution is 2.40. The molecule has 106 valence electrons. The first kappa shape index (κ1) is 12.9. The van der Waals surface area contributed by atoms with E-state index < -0.39 is 0 Å². The Morgan fingerprint density at radius 2 is 2.05 bits per heavy atom. The zero-order chi connectivity index (χ0) is 14.4. The summed E-state index contributed by atoms with van der Waals surface area (Å²) in [4.78, 5) is 0. The molecule has 0 saturated carbocycles. The first-order valence-corrected chi connectivity index (χ1v) is 7.63. The van der Waals surface area contributed by atoms with E-state index in [0.717, 1.165) is 29.6 Å². The highest BCUT2D eigenvalue weighted by atomic mass is 35.5. The zero-order valence-electron chi connectivity index (χ0n) is 11.8. The molecule has 1 N–H and O–H groups in total. The van der Waals surface area contributed by atoms with Crippen molar-refractivity contribution in [1.29, 1.82) is 0 Å². The van der Waals surface area contributed by atoms with Crippen molar-refractivity contribution in [2.24, 2.45) is 0 Å². The van der Waals surface area contributed by atoms with Gasteiger partial charge in [0, 0.05) is 17.0 Å². The van der Waals surface area contributed by atoms with E-state index in [0.29, 0.717) is 11.1 Å². The van der Waals surface area contributed by atoms with Crippen LogP contribution in [0.15, 0.2) is 46.9 Å². The number of furan rings is 1. The molecule has 1 aliphatic carbocycles. The van der Waals surface area contributed by atoms with Crippen molar-refractivity contribution in [1.82, 2.24) is 5.32 Å². The van der Waals surface area contributed by atoms with E-state index in [4.69, 9.17) is 16.0 Å². The molecule has 3 heteroatoms. The van der Waals surface area contributed by atoms with Gasteiger partial charge in [-0.25, -0.2) is 0 Å². The summed E-state index contributed by atoms with van der Waals surface area (Å²) in [5.74, 6) is 0.909. The van der Waals surface area contributed by atoms with E-state index in [1.54, 1.807) is 0 Å². The quantitative estimate of drug-likeness (QED) is 0.723. The third kappa shape index (κ3) is 1.98. The summed E-state index contributed by atoms with van der Waals surface area (Å²) in [6, 6.07) is 14.9. The molecule has 1 aliphatic rings. The second-order valence-electron chi connectivity index (χ2n) is 5.52. The Kier molecular flexibility index (Phi) is 3.02. The molecule has 0 radical (unpaired) electrons. The van der Waals surface area contributed by atoms with E-state index in [1.165, 1.54) is 16.7 Å². The molecule has 1 aromatic heterocycles. The van der Waals surface area contributed by atoms with Gasteiger partial charge in [-0.1, -0.05) is 41.9 Å². The topological polar surface area (TPSA) is 25.2 Å². The summed E-state index contributed by atoms with van der Waals surface area (Å²) in [5, 5.41) is 5.10. The average Bonchev–Trinajstić information content (AvgIpc) is 3.11. The Bertz CT molecular complexity index is 821. The lowest BCUT2D eigenvalue weighted by Crippen LogP contribution is -2.12. The minimum Gasteiger partial charge on any atom is -0.455 e.